The molecule has 1 aromatic carbocycles. The molecule has 2 amide bonds. The third-order valence-electron chi connectivity index (χ3n) is 4.43. The second-order valence-corrected chi connectivity index (χ2v) is 5.94. The van der Waals surface area contributed by atoms with Crippen molar-refractivity contribution < 1.29 is 14.6 Å². The van der Waals surface area contributed by atoms with Gasteiger partial charge in [0.15, 0.2) is 0 Å². The highest BCUT2D eigenvalue weighted by Gasteiger charge is 2.25. The molecule has 0 heterocycles. The highest BCUT2D eigenvalue weighted by atomic mass is 16.5. The number of hydrogen-bond donors (Lipinski definition) is 3. The molecule has 2 rings (SSSR count). The summed E-state index contributed by atoms with van der Waals surface area (Å²) in [5, 5.41) is 15.3. The Morgan fingerprint density at radius 1 is 1.41 bits per heavy atom. The molecule has 0 radical (unpaired) electrons. The number of hydrogen-bond acceptors (Lipinski definition) is 3. The van der Waals surface area contributed by atoms with E-state index in [1.807, 2.05) is 31.2 Å². The molecule has 5 heteroatoms. The van der Waals surface area contributed by atoms with Gasteiger partial charge in [-0.3, -0.25) is 0 Å². The number of aliphatic hydroxyl groups is 1. The summed E-state index contributed by atoms with van der Waals surface area (Å²) in [7, 11) is 1.66. The molecular formula is C17H26N2O3. The zero-order valence-corrected chi connectivity index (χ0v) is 13.3. The Labute approximate surface area is 132 Å². The van der Waals surface area contributed by atoms with Crippen LogP contribution in [0.2, 0.25) is 0 Å². The Hall–Kier alpha value is -1.59. The fourth-order valence-electron chi connectivity index (χ4n) is 2.96. The summed E-state index contributed by atoms with van der Waals surface area (Å²) >= 11 is 0. The van der Waals surface area contributed by atoms with Gasteiger partial charge in [0.25, 0.3) is 0 Å². The van der Waals surface area contributed by atoms with Crippen LogP contribution in [0, 0.1) is 5.92 Å². The van der Waals surface area contributed by atoms with E-state index in [0.29, 0.717) is 0 Å². The fraction of sp³-hybridized carbons (Fsp3) is 0.588. The van der Waals surface area contributed by atoms with E-state index in [0.717, 1.165) is 36.9 Å². The minimum Gasteiger partial charge on any atom is -0.396 e. The number of ether oxygens (including phenoxy) is 1. The van der Waals surface area contributed by atoms with Gasteiger partial charge in [-0.2, -0.15) is 0 Å². The number of rotatable bonds is 5. The molecule has 0 bridgehead atoms. The Morgan fingerprint density at radius 2 is 2.18 bits per heavy atom. The zero-order chi connectivity index (χ0) is 15.9. The van der Waals surface area contributed by atoms with Crippen LogP contribution in [0.3, 0.4) is 0 Å². The van der Waals surface area contributed by atoms with Gasteiger partial charge < -0.3 is 20.5 Å². The lowest BCUT2D eigenvalue weighted by Gasteiger charge is -2.30. The molecule has 22 heavy (non-hydrogen) atoms. The van der Waals surface area contributed by atoms with Crippen LogP contribution in [0.25, 0.3) is 0 Å². The lowest BCUT2D eigenvalue weighted by Crippen LogP contribution is -2.45. The monoisotopic (exact) mass is 306 g/mol. The normalized spacial score (nSPS) is 22.9. The first-order valence-corrected chi connectivity index (χ1v) is 7.95. The van der Waals surface area contributed by atoms with Crippen molar-refractivity contribution in [1.29, 1.82) is 0 Å². The Bertz CT molecular complexity index is 493. The van der Waals surface area contributed by atoms with Gasteiger partial charge in [0, 0.05) is 31.4 Å². The van der Waals surface area contributed by atoms with E-state index in [1.54, 1.807) is 7.11 Å². The molecule has 122 valence electrons. The van der Waals surface area contributed by atoms with Gasteiger partial charge in [-0.25, -0.2) is 4.79 Å². The lowest BCUT2D eigenvalue weighted by atomic mass is 9.85. The quantitative estimate of drug-likeness (QED) is 0.783. The van der Waals surface area contributed by atoms with Gasteiger partial charge in [0.1, 0.15) is 0 Å². The van der Waals surface area contributed by atoms with Crippen molar-refractivity contribution in [3.63, 3.8) is 0 Å². The maximum atomic E-state index is 12.2. The van der Waals surface area contributed by atoms with Gasteiger partial charge in [-0.15, -0.1) is 0 Å². The van der Waals surface area contributed by atoms with E-state index < -0.39 is 0 Å². The van der Waals surface area contributed by atoms with Crippen LogP contribution in [0.1, 0.15) is 44.3 Å². The van der Waals surface area contributed by atoms with Gasteiger partial charge >= 0.3 is 6.03 Å². The molecule has 3 N–H and O–H groups in total. The number of benzene rings is 1. The van der Waals surface area contributed by atoms with Gasteiger partial charge in [-0.1, -0.05) is 25.0 Å². The lowest BCUT2D eigenvalue weighted by molar-refractivity contribution is 0.119. The van der Waals surface area contributed by atoms with Crippen LogP contribution in [0.5, 0.6) is 0 Å². The van der Waals surface area contributed by atoms with Crippen molar-refractivity contribution in [2.75, 3.05) is 19.0 Å². The predicted molar refractivity (Wildman–Crippen MR) is 86.9 cm³/mol. The first-order chi connectivity index (χ1) is 10.6. The number of carbonyl (C=O) groups is 1. The molecule has 1 aromatic rings. The van der Waals surface area contributed by atoms with Crippen LogP contribution in [0.4, 0.5) is 10.5 Å². The van der Waals surface area contributed by atoms with Crippen molar-refractivity contribution >= 4 is 11.7 Å². The first-order valence-electron chi connectivity index (χ1n) is 7.95. The smallest absolute Gasteiger partial charge is 0.319 e. The largest absolute Gasteiger partial charge is 0.396 e. The maximum Gasteiger partial charge on any atom is 0.319 e. The highest BCUT2D eigenvalue weighted by Crippen LogP contribution is 2.24. The first kappa shape index (κ1) is 16.8. The minimum absolute atomic E-state index is 0.0121. The number of amides is 2. The third-order valence-corrected chi connectivity index (χ3v) is 4.43. The van der Waals surface area contributed by atoms with Crippen molar-refractivity contribution in [3.05, 3.63) is 29.8 Å². The Balaban J connectivity index is 1.94. The van der Waals surface area contributed by atoms with E-state index in [1.165, 1.54) is 0 Å². The van der Waals surface area contributed by atoms with Crippen molar-refractivity contribution in [2.45, 2.75) is 44.8 Å². The number of urea groups is 1. The number of nitrogens with one attached hydrogen (secondary N) is 2. The number of anilines is 1. The van der Waals surface area contributed by atoms with Crippen molar-refractivity contribution in [2.24, 2.45) is 5.92 Å². The Kier molecular flexibility index (Phi) is 6.21. The Morgan fingerprint density at radius 3 is 2.91 bits per heavy atom. The van der Waals surface area contributed by atoms with Crippen LogP contribution in [0.15, 0.2) is 24.3 Å². The van der Waals surface area contributed by atoms with E-state index in [9.17, 15) is 9.90 Å². The van der Waals surface area contributed by atoms with Crippen LogP contribution >= 0.6 is 0 Å². The number of aliphatic hydroxyl groups excluding tert-OH is 1. The van der Waals surface area contributed by atoms with E-state index in [4.69, 9.17) is 4.74 Å². The molecular weight excluding hydrogens is 280 g/mol. The second-order valence-electron chi connectivity index (χ2n) is 5.94. The standard InChI is InChI=1S/C17H26N2O3/c1-12(22-2)13-7-5-8-15(10-13)18-17(21)19-16-9-4-3-6-14(16)11-20/h5,7-8,10,12,14,16,20H,3-4,6,9,11H2,1-2H3,(H2,18,19,21)/t12-,14-,16-/m1/s1. The molecule has 1 aliphatic carbocycles. The summed E-state index contributed by atoms with van der Waals surface area (Å²) in [5.41, 5.74) is 1.77. The molecule has 0 aliphatic heterocycles. The molecule has 1 saturated carbocycles. The summed E-state index contributed by atoms with van der Waals surface area (Å²) in [6.45, 7) is 2.10. The summed E-state index contributed by atoms with van der Waals surface area (Å²) in [6.07, 6.45) is 4.12. The molecule has 1 fully saturated rings. The topological polar surface area (TPSA) is 70.6 Å². The minimum atomic E-state index is -0.215. The summed E-state index contributed by atoms with van der Waals surface area (Å²) in [6, 6.07) is 7.48. The summed E-state index contributed by atoms with van der Waals surface area (Å²) in [4.78, 5) is 12.2. The number of carbonyl (C=O) groups excluding carboxylic acids is 1. The van der Waals surface area contributed by atoms with Gasteiger partial charge in [0.2, 0.25) is 0 Å². The predicted octanol–water partition coefficient (Wildman–Crippen LogP) is 3.07. The third kappa shape index (κ3) is 4.45. The van der Waals surface area contributed by atoms with Gasteiger partial charge in [-0.05, 0) is 37.5 Å². The summed E-state index contributed by atoms with van der Waals surface area (Å²) < 4.78 is 5.29. The zero-order valence-electron chi connectivity index (χ0n) is 13.3. The molecule has 0 spiro atoms. The van der Waals surface area contributed by atoms with Gasteiger partial charge in [0.05, 0.1) is 6.10 Å². The molecule has 0 aromatic heterocycles. The summed E-state index contributed by atoms with van der Waals surface area (Å²) in [5.74, 6) is 0.166. The molecule has 1 aliphatic rings. The average molecular weight is 306 g/mol. The van der Waals surface area contributed by atoms with E-state index in [-0.39, 0.29) is 30.7 Å². The number of methoxy groups -OCH3 is 1. The SMILES string of the molecule is CO[C@H](C)c1cccc(NC(=O)N[C@@H]2CCCC[C@@H]2CO)c1. The van der Waals surface area contributed by atoms with E-state index >= 15 is 0 Å². The molecule has 0 saturated heterocycles. The molecule has 5 nitrogen and oxygen atoms in total. The highest BCUT2D eigenvalue weighted by molar-refractivity contribution is 5.89. The molecule has 0 unspecified atom stereocenters. The van der Waals surface area contributed by atoms with Crippen molar-refractivity contribution in [3.8, 4) is 0 Å². The fourth-order valence-corrected chi connectivity index (χ4v) is 2.96. The molecule has 3 atom stereocenters. The van der Waals surface area contributed by atoms with E-state index in [2.05, 4.69) is 10.6 Å². The maximum absolute atomic E-state index is 12.2. The second kappa shape index (κ2) is 8.15. The average Bonchev–Trinajstić information content (AvgIpc) is 2.54. The van der Waals surface area contributed by atoms with Crippen LogP contribution in [-0.2, 0) is 4.74 Å². The van der Waals surface area contributed by atoms with Crippen LogP contribution in [-0.4, -0.2) is 30.9 Å². The van der Waals surface area contributed by atoms with Crippen LogP contribution < -0.4 is 10.6 Å². The van der Waals surface area contributed by atoms with Crippen molar-refractivity contribution in [1.82, 2.24) is 5.32 Å².